The number of rotatable bonds is 8. The molecular weight excluding hydrogens is 362 g/mol. The predicted molar refractivity (Wildman–Crippen MR) is 108 cm³/mol. The van der Waals surface area contributed by atoms with Crippen molar-refractivity contribution in [3.8, 4) is 17.2 Å². The molecule has 3 rings (SSSR count). The maximum absolute atomic E-state index is 11.0. The van der Waals surface area contributed by atoms with Crippen LogP contribution in [-0.2, 0) is 4.79 Å². The Bertz CT molecular complexity index is 813. The minimum atomic E-state index is -0.0447. The van der Waals surface area contributed by atoms with Crippen molar-refractivity contribution in [1.82, 2.24) is 5.32 Å². The summed E-state index contributed by atoms with van der Waals surface area (Å²) in [7, 11) is 0. The Morgan fingerprint density at radius 3 is 2.56 bits per heavy atom. The highest BCUT2D eigenvalue weighted by Crippen LogP contribution is 2.34. The van der Waals surface area contributed by atoms with Gasteiger partial charge in [-0.1, -0.05) is 35.9 Å². The highest BCUT2D eigenvalue weighted by Gasteiger charge is 2.22. The first kappa shape index (κ1) is 19.3. The average Bonchev–Trinajstić information content (AvgIpc) is 3.45. The Morgan fingerprint density at radius 2 is 1.93 bits per heavy atom. The summed E-state index contributed by atoms with van der Waals surface area (Å²) in [6.07, 6.45) is 6.41. The van der Waals surface area contributed by atoms with Crippen molar-refractivity contribution in [2.45, 2.75) is 32.7 Å². The van der Waals surface area contributed by atoms with Crippen LogP contribution in [-0.4, -0.2) is 18.6 Å². The van der Waals surface area contributed by atoms with Crippen LogP contribution in [0.3, 0.4) is 0 Å². The van der Waals surface area contributed by atoms with E-state index >= 15 is 0 Å². The van der Waals surface area contributed by atoms with Crippen molar-refractivity contribution < 1.29 is 14.3 Å². The average molecular weight is 386 g/mol. The first-order chi connectivity index (χ1) is 13.0. The van der Waals surface area contributed by atoms with Gasteiger partial charge >= 0.3 is 0 Å². The zero-order chi connectivity index (χ0) is 19.2. The predicted octanol–water partition coefficient (Wildman–Crippen LogP) is 5.46. The zero-order valence-corrected chi connectivity index (χ0v) is 16.3. The standard InChI is InChI=1S/C22H24ClNO3/c1-15(24-16(2)25)3-4-17-7-9-19(10-8-17)27-22-12-11-20(13-21(22)23)26-14-18-5-6-18/h3-4,7-13,15,18H,5-6,14H2,1-2H3,(H,24,25)/t15-/m0/s1. The van der Waals surface area contributed by atoms with E-state index in [-0.39, 0.29) is 11.9 Å². The number of halogens is 1. The molecule has 1 N–H and O–H groups in total. The molecule has 142 valence electrons. The van der Waals surface area contributed by atoms with Crippen molar-refractivity contribution in [2.75, 3.05) is 6.61 Å². The lowest BCUT2D eigenvalue weighted by Crippen LogP contribution is -2.28. The van der Waals surface area contributed by atoms with Gasteiger partial charge in [0.05, 0.1) is 11.6 Å². The largest absolute Gasteiger partial charge is 0.493 e. The molecule has 1 aliphatic carbocycles. The van der Waals surface area contributed by atoms with Gasteiger partial charge < -0.3 is 14.8 Å². The van der Waals surface area contributed by atoms with E-state index < -0.39 is 0 Å². The molecule has 2 aromatic rings. The van der Waals surface area contributed by atoms with Crippen LogP contribution >= 0.6 is 11.6 Å². The Hall–Kier alpha value is -2.46. The maximum atomic E-state index is 11.0. The van der Waals surface area contributed by atoms with E-state index in [4.69, 9.17) is 21.1 Å². The van der Waals surface area contributed by atoms with Gasteiger partial charge in [0.2, 0.25) is 5.91 Å². The number of benzene rings is 2. The number of carbonyl (C=O) groups excluding carboxylic acids is 1. The highest BCUT2D eigenvalue weighted by atomic mass is 35.5. The molecule has 5 heteroatoms. The van der Waals surface area contributed by atoms with Crippen LogP contribution in [0.15, 0.2) is 48.5 Å². The molecule has 4 nitrogen and oxygen atoms in total. The number of amides is 1. The van der Waals surface area contributed by atoms with Crippen molar-refractivity contribution in [3.05, 3.63) is 59.1 Å². The van der Waals surface area contributed by atoms with Crippen molar-refractivity contribution in [3.63, 3.8) is 0 Å². The van der Waals surface area contributed by atoms with Gasteiger partial charge in [0.15, 0.2) is 0 Å². The van der Waals surface area contributed by atoms with Crippen LogP contribution in [0.5, 0.6) is 17.2 Å². The van der Waals surface area contributed by atoms with Gasteiger partial charge in [0, 0.05) is 19.0 Å². The summed E-state index contributed by atoms with van der Waals surface area (Å²) in [5.74, 6) is 2.73. The molecule has 0 aliphatic heterocycles. The fourth-order valence-electron chi connectivity index (χ4n) is 2.55. The van der Waals surface area contributed by atoms with Gasteiger partial charge in [-0.05, 0) is 55.5 Å². The molecule has 0 spiro atoms. The molecular formula is C22H24ClNO3. The van der Waals surface area contributed by atoms with E-state index in [2.05, 4.69) is 5.32 Å². The van der Waals surface area contributed by atoms with E-state index in [0.29, 0.717) is 22.4 Å². The quantitative estimate of drug-likeness (QED) is 0.656. The Morgan fingerprint density at radius 1 is 1.22 bits per heavy atom. The summed E-state index contributed by atoms with van der Waals surface area (Å²) in [5.41, 5.74) is 1.02. The van der Waals surface area contributed by atoms with Gasteiger partial charge in [0.1, 0.15) is 17.2 Å². The number of hydrogen-bond acceptors (Lipinski definition) is 3. The minimum absolute atomic E-state index is 0.0159. The van der Waals surface area contributed by atoms with E-state index in [0.717, 1.165) is 17.9 Å². The van der Waals surface area contributed by atoms with E-state index in [1.807, 2.05) is 55.5 Å². The molecule has 1 amide bonds. The molecule has 0 unspecified atom stereocenters. The minimum Gasteiger partial charge on any atom is -0.493 e. The Kier molecular flexibility index (Phi) is 6.40. The van der Waals surface area contributed by atoms with E-state index in [9.17, 15) is 4.79 Å². The van der Waals surface area contributed by atoms with E-state index in [1.54, 1.807) is 6.07 Å². The molecule has 27 heavy (non-hydrogen) atoms. The Labute approximate surface area is 165 Å². The van der Waals surface area contributed by atoms with Crippen molar-refractivity contribution >= 4 is 23.6 Å². The summed E-state index contributed by atoms with van der Waals surface area (Å²) >= 11 is 6.32. The second-order valence-electron chi connectivity index (χ2n) is 6.87. The second-order valence-corrected chi connectivity index (χ2v) is 7.27. The second kappa shape index (κ2) is 8.96. The third-order valence-corrected chi connectivity index (χ3v) is 4.50. The molecule has 0 radical (unpaired) electrons. The van der Waals surface area contributed by atoms with Crippen LogP contribution in [0.4, 0.5) is 0 Å². The molecule has 1 saturated carbocycles. The lowest BCUT2D eigenvalue weighted by molar-refractivity contribution is -0.119. The maximum Gasteiger partial charge on any atom is 0.217 e. The molecule has 1 atom stereocenters. The van der Waals surface area contributed by atoms with Crippen LogP contribution in [0.25, 0.3) is 6.08 Å². The zero-order valence-electron chi connectivity index (χ0n) is 15.6. The summed E-state index contributed by atoms with van der Waals surface area (Å²) in [6.45, 7) is 4.19. The fourth-order valence-corrected chi connectivity index (χ4v) is 2.76. The molecule has 0 saturated heterocycles. The van der Waals surface area contributed by atoms with Crippen LogP contribution in [0.2, 0.25) is 5.02 Å². The number of hydrogen-bond donors (Lipinski definition) is 1. The SMILES string of the molecule is CC(=O)N[C@@H](C)C=Cc1ccc(Oc2ccc(OCC3CC3)cc2Cl)cc1. The molecule has 1 fully saturated rings. The molecule has 2 aromatic carbocycles. The first-order valence-electron chi connectivity index (χ1n) is 9.15. The first-order valence-corrected chi connectivity index (χ1v) is 9.53. The summed E-state index contributed by atoms with van der Waals surface area (Å²) in [6, 6.07) is 13.2. The lowest BCUT2D eigenvalue weighted by Gasteiger charge is -2.10. The van der Waals surface area contributed by atoms with Crippen molar-refractivity contribution in [1.29, 1.82) is 0 Å². The van der Waals surface area contributed by atoms with Gasteiger partial charge in [-0.25, -0.2) is 0 Å². The topological polar surface area (TPSA) is 47.6 Å². The summed E-state index contributed by atoms with van der Waals surface area (Å²) in [5, 5.41) is 3.34. The van der Waals surface area contributed by atoms with Crippen molar-refractivity contribution in [2.24, 2.45) is 5.92 Å². The lowest BCUT2D eigenvalue weighted by atomic mass is 10.1. The van der Waals surface area contributed by atoms with Crippen LogP contribution in [0, 0.1) is 5.92 Å². The number of carbonyl (C=O) groups is 1. The summed E-state index contributed by atoms with van der Waals surface area (Å²) in [4.78, 5) is 11.0. The third kappa shape index (κ3) is 6.33. The van der Waals surface area contributed by atoms with Gasteiger partial charge in [-0.2, -0.15) is 0 Å². The third-order valence-electron chi connectivity index (χ3n) is 4.20. The smallest absolute Gasteiger partial charge is 0.217 e. The Balaban J connectivity index is 1.57. The van der Waals surface area contributed by atoms with Gasteiger partial charge in [0.25, 0.3) is 0 Å². The van der Waals surface area contributed by atoms with Crippen LogP contribution < -0.4 is 14.8 Å². The molecule has 0 aromatic heterocycles. The summed E-state index contributed by atoms with van der Waals surface area (Å²) < 4.78 is 11.6. The van der Waals surface area contributed by atoms with Gasteiger partial charge in [-0.15, -0.1) is 0 Å². The monoisotopic (exact) mass is 385 g/mol. The molecule has 0 bridgehead atoms. The highest BCUT2D eigenvalue weighted by molar-refractivity contribution is 6.32. The normalized spacial score (nSPS) is 14.8. The number of ether oxygens (including phenoxy) is 2. The van der Waals surface area contributed by atoms with E-state index in [1.165, 1.54) is 19.8 Å². The fraction of sp³-hybridized carbons (Fsp3) is 0.318. The number of nitrogens with one attached hydrogen (secondary N) is 1. The van der Waals surface area contributed by atoms with Crippen LogP contribution in [0.1, 0.15) is 32.3 Å². The molecule has 1 aliphatic rings. The van der Waals surface area contributed by atoms with Gasteiger partial charge in [-0.3, -0.25) is 4.79 Å². The molecule has 0 heterocycles.